The summed E-state index contributed by atoms with van der Waals surface area (Å²) in [5, 5.41) is 12.9. The van der Waals surface area contributed by atoms with Crippen LogP contribution >= 0.6 is 0 Å². The molecule has 0 spiro atoms. The molecule has 1 amide bonds. The topological polar surface area (TPSA) is 66.4 Å². The summed E-state index contributed by atoms with van der Waals surface area (Å²) in [4.78, 5) is 24.7. The van der Waals surface area contributed by atoms with Crippen LogP contribution in [0.2, 0.25) is 0 Å². The highest BCUT2D eigenvalue weighted by molar-refractivity contribution is 5.78. The second kappa shape index (κ2) is 53.2. The monoisotopic (exact) mass is 858 g/mol. The van der Waals surface area contributed by atoms with Crippen LogP contribution in [0.25, 0.3) is 0 Å². The smallest absolute Gasteiger partial charge is 0.220 e. The SMILES string of the molecule is CCCCCCCCC=CCCCCCCCCCCCC(=O)CCCCCCCCCCCCCCC(=O)N[C@@H](CO)CCCCCCCCCCCCCCCCCC. The first-order valence-electron chi connectivity index (χ1n) is 28.2. The van der Waals surface area contributed by atoms with E-state index in [1.165, 1.54) is 257 Å². The fourth-order valence-corrected chi connectivity index (χ4v) is 9.05. The van der Waals surface area contributed by atoms with E-state index in [-0.39, 0.29) is 18.6 Å². The van der Waals surface area contributed by atoms with Gasteiger partial charge in [0.15, 0.2) is 0 Å². The van der Waals surface area contributed by atoms with E-state index in [0.29, 0.717) is 12.2 Å². The van der Waals surface area contributed by atoms with Crippen molar-refractivity contribution in [3.05, 3.63) is 12.2 Å². The van der Waals surface area contributed by atoms with Gasteiger partial charge in [-0.05, 0) is 51.4 Å². The summed E-state index contributed by atoms with van der Waals surface area (Å²) in [6.07, 6.45) is 67.4. The molecule has 0 unspecified atom stereocenters. The van der Waals surface area contributed by atoms with Crippen LogP contribution in [0.4, 0.5) is 0 Å². The van der Waals surface area contributed by atoms with Crippen molar-refractivity contribution < 1.29 is 14.7 Å². The molecule has 0 heterocycles. The average Bonchev–Trinajstić information content (AvgIpc) is 3.26. The minimum Gasteiger partial charge on any atom is -0.394 e. The third-order valence-electron chi connectivity index (χ3n) is 13.3. The number of allylic oxidation sites excluding steroid dienone is 2. The van der Waals surface area contributed by atoms with Gasteiger partial charge in [0.2, 0.25) is 5.91 Å². The Balaban J connectivity index is 3.37. The van der Waals surface area contributed by atoms with Crippen molar-refractivity contribution in [2.45, 2.75) is 335 Å². The number of aliphatic hydroxyl groups is 1. The Labute approximate surface area is 383 Å². The summed E-state index contributed by atoms with van der Waals surface area (Å²) < 4.78 is 0. The molecule has 0 saturated heterocycles. The molecule has 1 atom stereocenters. The number of unbranched alkanes of at least 4 members (excludes halogenated alkanes) is 41. The quantitative estimate of drug-likeness (QED) is 0.0473. The summed E-state index contributed by atoms with van der Waals surface area (Å²) in [5.74, 6) is 0.617. The number of rotatable bonds is 53. The molecule has 4 heteroatoms. The van der Waals surface area contributed by atoms with E-state index in [0.717, 1.165) is 51.4 Å². The maximum atomic E-state index is 12.4. The first-order valence-corrected chi connectivity index (χ1v) is 28.2. The fourth-order valence-electron chi connectivity index (χ4n) is 9.05. The summed E-state index contributed by atoms with van der Waals surface area (Å²) in [6, 6.07) is -0.0708. The van der Waals surface area contributed by atoms with Crippen LogP contribution in [0.1, 0.15) is 328 Å². The third-order valence-corrected chi connectivity index (χ3v) is 13.3. The Morgan fingerprint density at radius 3 is 0.934 bits per heavy atom. The Morgan fingerprint density at radius 1 is 0.361 bits per heavy atom. The molecular weight excluding hydrogens is 747 g/mol. The van der Waals surface area contributed by atoms with Crippen LogP contribution in [0.3, 0.4) is 0 Å². The number of nitrogens with one attached hydrogen (secondary N) is 1. The largest absolute Gasteiger partial charge is 0.394 e. The van der Waals surface area contributed by atoms with Crippen LogP contribution in [0.5, 0.6) is 0 Å². The van der Waals surface area contributed by atoms with Crippen molar-refractivity contribution in [3.63, 3.8) is 0 Å². The molecule has 0 saturated carbocycles. The summed E-state index contributed by atoms with van der Waals surface area (Å²) >= 11 is 0. The van der Waals surface area contributed by atoms with E-state index in [1.54, 1.807) is 0 Å². The number of Topliss-reactive ketones (excluding diaryl/α,β-unsaturated/α-hetero) is 1. The first kappa shape index (κ1) is 59.8. The van der Waals surface area contributed by atoms with Crippen LogP contribution < -0.4 is 5.32 Å². The Hall–Kier alpha value is -1.16. The van der Waals surface area contributed by atoms with Gasteiger partial charge in [-0.3, -0.25) is 9.59 Å². The van der Waals surface area contributed by atoms with Crippen LogP contribution in [0.15, 0.2) is 12.2 Å². The zero-order chi connectivity index (χ0) is 44.2. The molecule has 0 aromatic heterocycles. The highest BCUT2D eigenvalue weighted by atomic mass is 16.3. The number of carbonyl (C=O) groups is 2. The lowest BCUT2D eigenvalue weighted by Crippen LogP contribution is -2.37. The molecule has 61 heavy (non-hydrogen) atoms. The highest BCUT2D eigenvalue weighted by Crippen LogP contribution is 2.17. The molecule has 0 aliphatic carbocycles. The number of aliphatic hydroxyl groups excluding tert-OH is 1. The van der Waals surface area contributed by atoms with E-state index in [9.17, 15) is 14.7 Å². The number of hydrogen-bond acceptors (Lipinski definition) is 3. The van der Waals surface area contributed by atoms with Gasteiger partial charge in [0.25, 0.3) is 0 Å². The molecule has 0 fully saturated rings. The standard InChI is InChI=1S/C57H111NO3/c1-3-5-7-9-11-13-15-17-19-21-22-23-25-27-31-35-39-43-47-51-56(60)52-48-44-40-36-32-28-29-33-37-41-45-49-53-57(61)58-55(54-59)50-46-42-38-34-30-26-24-20-18-16-14-12-10-8-6-4-2/h17,19,55,59H,3-16,18,20-54H2,1-2H3,(H,58,61)/t55-/m1/s1. The van der Waals surface area contributed by atoms with Gasteiger partial charge >= 0.3 is 0 Å². The van der Waals surface area contributed by atoms with Gasteiger partial charge in [-0.15, -0.1) is 0 Å². The summed E-state index contributed by atoms with van der Waals surface area (Å²) in [6.45, 7) is 4.63. The van der Waals surface area contributed by atoms with Crippen molar-refractivity contribution >= 4 is 11.7 Å². The minimum absolute atomic E-state index is 0.0584. The van der Waals surface area contributed by atoms with E-state index < -0.39 is 0 Å². The zero-order valence-electron chi connectivity index (χ0n) is 41.9. The van der Waals surface area contributed by atoms with Gasteiger partial charge in [-0.25, -0.2) is 0 Å². The normalized spacial score (nSPS) is 12.2. The molecule has 0 aromatic carbocycles. The summed E-state index contributed by atoms with van der Waals surface area (Å²) in [7, 11) is 0. The molecule has 0 aliphatic heterocycles. The van der Waals surface area contributed by atoms with Gasteiger partial charge in [0, 0.05) is 19.3 Å². The van der Waals surface area contributed by atoms with Crippen molar-refractivity contribution in [1.82, 2.24) is 5.32 Å². The Kier molecular flexibility index (Phi) is 52.2. The number of amides is 1. The second-order valence-electron chi connectivity index (χ2n) is 19.6. The molecule has 0 aliphatic rings. The Morgan fingerprint density at radius 2 is 0.623 bits per heavy atom. The van der Waals surface area contributed by atoms with Gasteiger partial charge in [0.05, 0.1) is 12.6 Å². The van der Waals surface area contributed by atoms with Crippen LogP contribution in [-0.2, 0) is 9.59 Å². The van der Waals surface area contributed by atoms with Gasteiger partial charge in [-0.1, -0.05) is 270 Å². The van der Waals surface area contributed by atoms with Gasteiger partial charge < -0.3 is 10.4 Å². The molecule has 0 rings (SSSR count). The first-order chi connectivity index (χ1) is 30.1. The second-order valence-corrected chi connectivity index (χ2v) is 19.6. The van der Waals surface area contributed by atoms with E-state index >= 15 is 0 Å². The lowest BCUT2D eigenvalue weighted by Gasteiger charge is -2.16. The van der Waals surface area contributed by atoms with Gasteiger partial charge in [0.1, 0.15) is 5.78 Å². The average molecular weight is 859 g/mol. The Bertz CT molecular complexity index is 886. The van der Waals surface area contributed by atoms with Crippen LogP contribution in [-0.4, -0.2) is 29.4 Å². The molecule has 4 nitrogen and oxygen atoms in total. The van der Waals surface area contributed by atoms with Crippen molar-refractivity contribution in [1.29, 1.82) is 0 Å². The molecule has 0 aromatic rings. The van der Waals surface area contributed by atoms with E-state index in [2.05, 4.69) is 31.3 Å². The van der Waals surface area contributed by atoms with E-state index in [1.807, 2.05) is 0 Å². The lowest BCUT2D eigenvalue weighted by atomic mass is 10.0. The molecule has 0 radical (unpaired) electrons. The number of carbonyl (C=O) groups excluding carboxylic acids is 2. The predicted octanol–water partition coefficient (Wildman–Crippen LogP) is 18.7. The molecule has 362 valence electrons. The summed E-state index contributed by atoms with van der Waals surface area (Å²) in [5.41, 5.74) is 0. The van der Waals surface area contributed by atoms with E-state index in [4.69, 9.17) is 0 Å². The van der Waals surface area contributed by atoms with Gasteiger partial charge in [-0.2, -0.15) is 0 Å². The van der Waals surface area contributed by atoms with Crippen LogP contribution in [0, 0.1) is 0 Å². The fraction of sp³-hybridized carbons (Fsp3) is 0.930. The predicted molar refractivity (Wildman–Crippen MR) is 271 cm³/mol. The third kappa shape index (κ3) is 51.4. The number of hydrogen-bond donors (Lipinski definition) is 2. The highest BCUT2D eigenvalue weighted by Gasteiger charge is 2.11. The molecule has 0 bridgehead atoms. The number of ketones is 1. The lowest BCUT2D eigenvalue weighted by molar-refractivity contribution is -0.122. The van der Waals surface area contributed by atoms with Crippen molar-refractivity contribution in [2.24, 2.45) is 0 Å². The molecule has 2 N–H and O–H groups in total. The molecular formula is C57H111NO3. The maximum Gasteiger partial charge on any atom is 0.220 e. The minimum atomic E-state index is -0.0708. The van der Waals surface area contributed by atoms with Crippen molar-refractivity contribution in [2.75, 3.05) is 6.61 Å². The maximum absolute atomic E-state index is 12.4. The van der Waals surface area contributed by atoms with Crippen molar-refractivity contribution in [3.8, 4) is 0 Å². The zero-order valence-corrected chi connectivity index (χ0v) is 41.9.